The van der Waals surface area contributed by atoms with Gasteiger partial charge in [0, 0.05) is 24.7 Å². The van der Waals surface area contributed by atoms with Crippen molar-refractivity contribution in [1.82, 2.24) is 5.32 Å². The zero-order chi connectivity index (χ0) is 15.2. The monoisotopic (exact) mass is 416 g/mol. The van der Waals surface area contributed by atoms with Crippen molar-refractivity contribution in [3.63, 3.8) is 0 Å². The van der Waals surface area contributed by atoms with E-state index in [-0.39, 0.29) is 29.9 Å². The highest BCUT2D eigenvalue weighted by atomic mass is 127. The summed E-state index contributed by atoms with van der Waals surface area (Å²) < 4.78 is 0. The second kappa shape index (κ2) is 8.97. The summed E-state index contributed by atoms with van der Waals surface area (Å²) in [6, 6.07) is 6.59. The van der Waals surface area contributed by atoms with E-state index in [1.54, 1.807) is 0 Å². The van der Waals surface area contributed by atoms with Gasteiger partial charge in [-0.3, -0.25) is 9.79 Å². The molecular weight excluding hydrogens is 391 g/mol. The van der Waals surface area contributed by atoms with Gasteiger partial charge in [0.15, 0.2) is 5.96 Å². The number of aryl methyl sites for hydroxylation is 2. The van der Waals surface area contributed by atoms with Crippen LogP contribution in [0.5, 0.6) is 0 Å². The molecule has 1 aromatic carbocycles. The van der Waals surface area contributed by atoms with Crippen LogP contribution in [-0.4, -0.2) is 24.5 Å². The van der Waals surface area contributed by atoms with E-state index in [1.807, 2.05) is 26.0 Å². The molecule has 1 saturated carbocycles. The third kappa shape index (κ3) is 7.11. The summed E-state index contributed by atoms with van der Waals surface area (Å²) >= 11 is 0. The minimum Gasteiger partial charge on any atom is -0.370 e. The number of carbonyl (C=O) groups is 1. The minimum absolute atomic E-state index is 0. The number of nitrogens with two attached hydrogens (primary N) is 1. The van der Waals surface area contributed by atoms with Crippen molar-refractivity contribution in [2.24, 2.45) is 10.7 Å². The van der Waals surface area contributed by atoms with Gasteiger partial charge >= 0.3 is 0 Å². The molecule has 0 unspecified atom stereocenters. The molecule has 2 rings (SSSR count). The molecule has 0 saturated heterocycles. The van der Waals surface area contributed by atoms with Crippen LogP contribution in [0.25, 0.3) is 0 Å². The van der Waals surface area contributed by atoms with Gasteiger partial charge < -0.3 is 16.4 Å². The first-order valence-corrected chi connectivity index (χ1v) is 7.47. The molecule has 0 bridgehead atoms. The number of nitrogens with zero attached hydrogens (tertiary/aromatic N) is 1. The SMILES string of the molecule is Cc1cc(C)cc(NC(N)=NCCCC(=O)NC2CC2)c1.I. The molecule has 1 aliphatic carbocycles. The second-order valence-corrected chi connectivity index (χ2v) is 5.71. The van der Waals surface area contributed by atoms with Crippen LogP contribution in [0.1, 0.15) is 36.8 Å². The Morgan fingerprint density at radius 3 is 2.50 bits per heavy atom. The van der Waals surface area contributed by atoms with Gasteiger partial charge in [-0.15, -0.1) is 24.0 Å². The average molecular weight is 416 g/mol. The van der Waals surface area contributed by atoms with Crippen LogP contribution in [0.2, 0.25) is 0 Å². The van der Waals surface area contributed by atoms with Crippen LogP contribution in [-0.2, 0) is 4.79 Å². The summed E-state index contributed by atoms with van der Waals surface area (Å²) in [5.74, 6) is 0.510. The van der Waals surface area contributed by atoms with Crippen LogP contribution in [0, 0.1) is 13.8 Å². The fraction of sp³-hybridized carbons (Fsp3) is 0.500. The van der Waals surface area contributed by atoms with Crippen molar-refractivity contribution in [2.45, 2.75) is 45.6 Å². The number of rotatable bonds is 6. The van der Waals surface area contributed by atoms with E-state index in [2.05, 4.69) is 21.7 Å². The Kier molecular flexibility index (Phi) is 7.64. The van der Waals surface area contributed by atoms with Gasteiger partial charge in [-0.05, 0) is 56.4 Å². The molecule has 5 nitrogen and oxygen atoms in total. The van der Waals surface area contributed by atoms with E-state index < -0.39 is 0 Å². The van der Waals surface area contributed by atoms with E-state index in [0.29, 0.717) is 31.4 Å². The van der Waals surface area contributed by atoms with Crippen LogP contribution in [0.4, 0.5) is 5.69 Å². The van der Waals surface area contributed by atoms with Crippen molar-refractivity contribution in [3.05, 3.63) is 29.3 Å². The van der Waals surface area contributed by atoms with Gasteiger partial charge in [0.2, 0.25) is 5.91 Å². The van der Waals surface area contributed by atoms with E-state index in [0.717, 1.165) is 18.5 Å². The topological polar surface area (TPSA) is 79.5 Å². The highest BCUT2D eigenvalue weighted by molar-refractivity contribution is 14.0. The summed E-state index contributed by atoms with van der Waals surface area (Å²) in [4.78, 5) is 15.7. The lowest BCUT2D eigenvalue weighted by Gasteiger charge is -2.08. The number of amides is 1. The summed E-state index contributed by atoms with van der Waals surface area (Å²) in [7, 11) is 0. The fourth-order valence-electron chi connectivity index (χ4n) is 2.20. The lowest BCUT2D eigenvalue weighted by Crippen LogP contribution is -2.25. The summed E-state index contributed by atoms with van der Waals surface area (Å²) in [6.07, 6.45) is 3.47. The fourth-order valence-corrected chi connectivity index (χ4v) is 2.20. The van der Waals surface area contributed by atoms with Gasteiger partial charge in [-0.25, -0.2) is 0 Å². The smallest absolute Gasteiger partial charge is 0.220 e. The number of nitrogens with one attached hydrogen (secondary N) is 2. The van der Waals surface area contributed by atoms with Crippen molar-refractivity contribution in [3.8, 4) is 0 Å². The number of aliphatic imine (C=N–C) groups is 1. The molecular formula is C16H25IN4O. The largest absolute Gasteiger partial charge is 0.370 e. The Labute approximate surface area is 149 Å². The number of hydrogen-bond donors (Lipinski definition) is 3. The quantitative estimate of drug-likeness (QED) is 0.289. The van der Waals surface area contributed by atoms with Gasteiger partial charge in [0.05, 0.1) is 0 Å². The van der Waals surface area contributed by atoms with E-state index in [1.165, 1.54) is 11.1 Å². The lowest BCUT2D eigenvalue weighted by molar-refractivity contribution is -0.121. The standard InChI is InChI=1S/C16H24N4O.HI/c1-11-8-12(2)10-14(9-11)20-16(17)18-7-3-4-15(21)19-13-5-6-13;/h8-10,13H,3-7H2,1-2H3,(H,19,21)(H3,17,18,20);1H. The molecule has 122 valence electrons. The molecule has 4 N–H and O–H groups in total. The van der Waals surface area contributed by atoms with Gasteiger partial charge in [0.1, 0.15) is 0 Å². The number of carbonyl (C=O) groups excluding carboxylic acids is 1. The van der Waals surface area contributed by atoms with E-state index in [4.69, 9.17) is 5.73 Å². The first-order chi connectivity index (χ1) is 10.0. The third-order valence-corrected chi connectivity index (χ3v) is 3.28. The van der Waals surface area contributed by atoms with E-state index >= 15 is 0 Å². The Balaban J connectivity index is 0.00000242. The van der Waals surface area contributed by atoms with Crippen LogP contribution >= 0.6 is 24.0 Å². The van der Waals surface area contributed by atoms with Crippen molar-refractivity contribution in [1.29, 1.82) is 0 Å². The zero-order valence-corrected chi connectivity index (χ0v) is 15.5. The van der Waals surface area contributed by atoms with Crippen molar-refractivity contribution in [2.75, 3.05) is 11.9 Å². The molecule has 0 spiro atoms. The first-order valence-electron chi connectivity index (χ1n) is 7.47. The number of benzene rings is 1. The van der Waals surface area contributed by atoms with Gasteiger partial charge in [-0.2, -0.15) is 0 Å². The van der Waals surface area contributed by atoms with E-state index in [9.17, 15) is 4.79 Å². The predicted molar refractivity (Wildman–Crippen MR) is 102 cm³/mol. The van der Waals surface area contributed by atoms with Crippen LogP contribution in [0.3, 0.4) is 0 Å². The molecule has 6 heteroatoms. The minimum atomic E-state index is 0. The molecule has 0 radical (unpaired) electrons. The maximum atomic E-state index is 11.5. The maximum Gasteiger partial charge on any atom is 0.220 e. The van der Waals surface area contributed by atoms with Crippen molar-refractivity contribution < 1.29 is 4.79 Å². The predicted octanol–water partition coefficient (Wildman–Crippen LogP) is 2.71. The molecule has 22 heavy (non-hydrogen) atoms. The summed E-state index contributed by atoms with van der Waals surface area (Å²) in [5.41, 5.74) is 9.16. The molecule has 1 aliphatic rings. The second-order valence-electron chi connectivity index (χ2n) is 5.71. The molecule has 1 fully saturated rings. The highest BCUT2D eigenvalue weighted by Crippen LogP contribution is 2.18. The number of guanidine groups is 1. The molecule has 0 aromatic heterocycles. The van der Waals surface area contributed by atoms with Gasteiger partial charge in [0.25, 0.3) is 0 Å². The maximum absolute atomic E-state index is 11.5. The number of anilines is 1. The Hall–Kier alpha value is -1.31. The molecule has 0 aliphatic heterocycles. The Morgan fingerprint density at radius 1 is 1.27 bits per heavy atom. The Morgan fingerprint density at radius 2 is 1.91 bits per heavy atom. The number of halogens is 1. The van der Waals surface area contributed by atoms with Crippen LogP contribution in [0.15, 0.2) is 23.2 Å². The van der Waals surface area contributed by atoms with Crippen molar-refractivity contribution >= 4 is 41.5 Å². The third-order valence-electron chi connectivity index (χ3n) is 3.28. The molecule has 0 atom stereocenters. The normalized spacial score (nSPS) is 14.2. The molecule has 1 amide bonds. The number of hydrogen-bond acceptors (Lipinski definition) is 2. The highest BCUT2D eigenvalue weighted by Gasteiger charge is 2.22. The summed E-state index contributed by atoms with van der Waals surface area (Å²) in [6.45, 7) is 4.65. The van der Waals surface area contributed by atoms with Crippen LogP contribution < -0.4 is 16.4 Å². The van der Waals surface area contributed by atoms with Gasteiger partial charge in [-0.1, -0.05) is 6.07 Å². The Bertz CT molecular complexity index is 521. The summed E-state index contributed by atoms with van der Waals surface area (Å²) in [5, 5.41) is 6.04. The first kappa shape index (κ1) is 18.7. The molecule has 0 heterocycles. The molecule has 1 aromatic rings. The zero-order valence-electron chi connectivity index (χ0n) is 13.2. The lowest BCUT2D eigenvalue weighted by atomic mass is 10.1. The average Bonchev–Trinajstić information content (AvgIpc) is 3.17.